The van der Waals surface area contributed by atoms with Crippen molar-refractivity contribution in [3.63, 3.8) is 0 Å². The maximum Gasteiger partial charge on any atom is 0.341 e. The van der Waals surface area contributed by atoms with Crippen LogP contribution >= 0.6 is 7.94 Å². The lowest BCUT2D eigenvalue weighted by Crippen LogP contribution is -2.37. The molecule has 15 heavy (non-hydrogen) atoms. The lowest BCUT2D eigenvalue weighted by atomic mass is 10.3. The fourth-order valence-electron chi connectivity index (χ4n) is 1.03. The first kappa shape index (κ1) is 12.0. The number of aromatic carboxylic acids is 1. The maximum absolute atomic E-state index is 10.6. The first-order valence-corrected chi connectivity index (χ1v) is 5.95. The van der Waals surface area contributed by atoms with E-state index in [1.54, 1.807) is 6.20 Å². The van der Waals surface area contributed by atoms with Crippen molar-refractivity contribution < 1.29 is 29.1 Å². The van der Waals surface area contributed by atoms with Gasteiger partial charge < -0.3 is 10.00 Å². The standard InChI is InChI=1S/C8H10NO5P/c10-8(11)7-2-1-3-9(6-7)4-5-15(12,13)14/h1-3,6H,4-5H2,(H2-,10,11,12,13,14)/p+1. The van der Waals surface area contributed by atoms with Gasteiger partial charge in [0.2, 0.25) is 7.94 Å². The fourth-order valence-corrected chi connectivity index (χ4v) is 1.52. The van der Waals surface area contributed by atoms with Gasteiger partial charge in [-0.2, -0.15) is 0 Å². The molecule has 0 aliphatic carbocycles. The number of nitrogens with zero attached hydrogens (tertiary/aromatic N) is 1. The van der Waals surface area contributed by atoms with Crippen molar-refractivity contribution in [1.29, 1.82) is 0 Å². The number of hydrogen-bond donors (Lipinski definition) is 3. The highest BCUT2D eigenvalue weighted by atomic mass is 31.2. The molecule has 0 saturated carbocycles. The largest absolute Gasteiger partial charge is 0.632 e. The molecule has 0 aliphatic heterocycles. The van der Waals surface area contributed by atoms with Gasteiger partial charge in [-0.15, -0.1) is 0 Å². The molecule has 0 atom stereocenters. The van der Waals surface area contributed by atoms with Gasteiger partial charge in [0.25, 0.3) is 0 Å². The molecule has 1 aromatic rings. The Labute approximate surface area is 86.6 Å². The Morgan fingerprint density at radius 2 is 2.20 bits per heavy atom. The number of carbonyl (C=O) groups is 1. The molecule has 0 bridgehead atoms. The van der Waals surface area contributed by atoms with Crippen LogP contribution in [0, 0.1) is 0 Å². The maximum atomic E-state index is 10.6. The Bertz CT molecular complexity index is 362. The minimum absolute atomic E-state index is 0.0863. The fraction of sp³-hybridized carbons (Fsp3) is 0.250. The van der Waals surface area contributed by atoms with Crippen LogP contribution in [0.5, 0.6) is 0 Å². The number of pyridine rings is 1. The zero-order chi connectivity index (χ0) is 11.5. The second-order valence-electron chi connectivity index (χ2n) is 3.02. The molecule has 6 nitrogen and oxygen atoms in total. The number of hydrogen-bond acceptors (Lipinski definition) is 4. The van der Waals surface area contributed by atoms with E-state index in [-0.39, 0.29) is 18.3 Å². The van der Waals surface area contributed by atoms with Gasteiger partial charge in [0.1, 0.15) is 5.56 Å². The van der Waals surface area contributed by atoms with Crippen LogP contribution in [0.2, 0.25) is 0 Å². The molecule has 0 spiro atoms. The van der Waals surface area contributed by atoms with Crippen LogP contribution in [-0.2, 0) is 6.54 Å². The van der Waals surface area contributed by atoms with Crippen molar-refractivity contribution in [2.45, 2.75) is 6.54 Å². The summed E-state index contributed by atoms with van der Waals surface area (Å²) in [5.41, 5.74) is 0.0863. The summed E-state index contributed by atoms with van der Waals surface area (Å²) >= 11 is 0. The molecule has 82 valence electrons. The van der Waals surface area contributed by atoms with E-state index in [0.717, 1.165) is 0 Å². The molecule has 1 aromatic heterocycles. The van der Waals surface area contributed by atoms with Gasteiger partial charge in [0.05, 0.1) is 0 Å². The molecule has 1 rings (SSSR count). The van der Waals surface area contributed by atoms with Crippen LogP contribution in [0.1, 0.15) is 10.4 Å². The second-order valence-corrected chi connectivity index (χ2v) is 4.80. The summed E-state index contributed by atoms with van der Waals surface area (Å²) < 4.78 is 1.43. The number of carboxylic acids is 1. The lowest BCUT2D eigenvalue weighted by molar-refractivity contribution is -0.693. The van der Waals surface area contributed by atoms with E-state index in [1.165, 1.54) is 22.9 Å². The topological polar surface area (TPSA) is 105 Å². The average molecular weight is 232 g/mol. The minimum Gasteiger partial charge on any atom is -0.632 e. The summed E-state index contributed by atoms with van der Waals surface area (Å²) in [5, 5.41) is 8.67. The summed E-state index contributed by atoms with van der Waals surface area (Å²) in [5.74, 6) is -1.07. The average Bonchev–Trinajstić information content (AvgIpc) is 2.14. The van der Waals surface area contributed by atoms with Crippen LogP contribution in [0.4, 0.5) is 0 Å². The quantitative estimate of drug-likeness (QED) is 0.445. The second kappa shape index (κ2) is 4.63. The van der Waals surface area contributed by atoms with Crippen LogP contribution < -0.4 is 9.46 Å². The highest BCUT2D eigenvalue weighted by Crippen LogP contribution is 2.37. The predicted octanol–water partition coefficient (Wildman–Crippen LogP) is -1.22. The molecule has 0 aliphatic rings. The zero-order valence-corrected chi connectivity index (χ0v) is 8.67. The third-order valence-corrected chi connectivity index (χ3v) is 2.54. The Hall–Kier alpha value is -1.07. The smallest absolute Gasteiger partial charge is 0.341 e. The van der Waals surface area contributed by atoms with Gasteiger partial charge >= 0.3 is 5.97 Å². The first-order chi connectivity index (χ1) is 6.88. The van der Waals surface area contributed by atoms with Crippen molar-refractivity contribution in [2.24, 2.45) is 0 Å². The molecule has 3 N–H and O–H groups in total. The van der Waals surface area contributed by atoms with Gasteiger partial charge in [-0.25, -0.2) is 19.1 Å². The summed E-state index contributed by atoms with van der Waals surface area (Å²) in [7, 11) is -4.04. The monoisotopic (exact) mass is 232 g/mol. The molecular weight excluding hydrogens is 221 g/mol. The Morgan fingerprint density at radius 1 is 1.53 bits per heavy atom. The molecule has 0 saturated heterocycles. The van der Waals surface area contributed by atoms with Crippen molar-refractivity contribution in [3.8, 4) is 0 Å². The molecule has 0 fully saturated rings. The van der Waals surface area contributed by atoms with E-state index in [2.05, 4.69) is 0 Å². The van der Waals surface area contributed by atoms with E-state index in [0.29, 0.717) is 0 Å². The van der Waals surface area contributed by atoms with E-state index in [1.807, 2.05) is 0 Å². The number of rotatable bonds is 4. The molecule has 0 amide bonds. The van der Waals surface area contributed by atoms with Gasteiger partial charge in [-0.3, -0.25) is 0 Å². The summed E-state index contributed by atoms with van der Waals surface area (Å²) in [4.78, 5) is 38.5. The van der Waals surface area contributed by atoms with E-state index in [4.69, 9.17) is 14.9 Å². The Balaban J connectivity index is 2.70. The number of aryl methyl sites for hydroxylation is 1. The van der Waals surface area contributed by atoms with Crippen LogP contribution in [-0.4, -0.2) is 27.0 Å². The van der Waals surface area contributed by atoms with Crippen LogP contribution in [0.15, 0.2) is 24.5 Å². The summed E-state index contributed by atoms with van der Waals surface area (Å²) in [6, 6.07) is 2.93. The van der Waals surface area contributed by atoms with Crippen molar-refractivity contribution in [3.05, 3.63) is 30.1 Å². The molecular formula is C8H11NO5P+. The third kappa shape index (κ3) is 4.31. The van der Waals surface area contributed by atoms with Gasteiger partial charge in [-0.05, 0) is 6.07 Å². The molecule has 0 unspecified atom stereocenters. The van der Waals surface area contributed by atoms with Crippen LogP contribution in [0.3, 0.4) is 0 Å². The highest BCUT2D eigenvalue weighted by molar-refractivity contribution is 7.57. The van der Waals surface area contributed by atoms with Crippen LogP contribution in [0.25, 0.3) is 0 Å². The normalized spacial score (nSPS) is 11.4. The highest BCUT2D eigenvalue weighted by Gasteiger charge is 2.21. The van der Waals surface area contributed by atoms with Gasteiger partial charge in [0, 0.05) is 6.07 Å². The summed E-state index contributed by atoms with van der Waals surface area (Å²) in [6.45, 7) is 0.0887. The molecule has 0 radical (unpaired) electrons. The van der Waals surface area contributed by atoms with Crippen molar-refractivity contribution in [2.75, 3.05) is 6.16 Å². The van der Waals surface area contributed by atoms with E-state index < -0.39 is 13.9 Å². The number of carboxylic acid groups (broad SMARTS) is 1. The lowest BCUT2D eigenvalue weighted by Gasteiger charge is -2.12. The SMILES string of the molecule is O=C(O)c1ccc[n+](CC[P+]([O-])(O)O)c1. The van der Waals surface area contributed by atoms with Gasteiger partial charge in [0.15, 0.2) is 25.1 Å². The minimum atomic E-state index is -4.04. The predicted molar refractivity (Wildman–Crippen MR) is 49.8 cm³/mol. The van der Waals surface area contributed by atoms with Gasteiger partial charge in [-0.1, -0.05) is 0 Å². The third-order valence-electron chi connectivity index (χ3n) is 1.75. The molecule has 1 heterocycles. The Kier molecular flexibility index (Phi) is 3.71. The first-order valence-electron chi connectivity index (χ1n) is 4.15. The number of aromatic nitrogens is 1. The van der Waals surface area contributed by atoms with E-state index in [9.17, 15) is 9.69 Å². The summed E-state index contributed by atoms with van der Waals surface area (Å²) in [6.07, 6.45) is 2.58. The van der Waals surface area contributed by atoms with E-state index >= 15 is 0 Å². The van der Waals surface area contributed by atoms with Crippen molar-refractivity contribution >= 4 is 13.9 Å². The van der Waals surface area contributed by atoms with Crippen molar-refractivity contribution in [1.82, 2.24) is 0 Å². The zero-order valence-electron chi connectivity index (χ0n) is 7.78. The molecule has 0 aromatic carbocycles. The Morgan fingerprint density at radius 3 is 2.73 bits per heavy atom. The molecule has 7 heteroatoms.